The molecule has 2 unspecified atom stereocenters. The summed E-state index contributed by atoms with van der Waals surface area (Å²) in [5.74, 6) is -1.20. The van der Waals surface area contributed by atoms with Crippen LogP contribution in [0.5, 0.6) is 0 Å². The van der Waals surface area contributed by atoms with Crippen molar-refractivity contribution in [2.45, 2.75) is 12.6 Å². The van der Waals surface area contributed by atoms with Crippen molar-refractivity contribution >= 4 is 16.5 Å². The first-order valence-electron chi connectivity index (χ1n) is 9.35. The second-order valence-electron chi connectivity index (χ2n) is 7.22. The molecule has 2 heterocycles. The molecule has 0 spiro atoms. The van der Waals surface area contributed by atoms with Crippen LogP contribution in [-0.2, 0) is 6.54 Å². The minimum atomic E-state index is -0.684. The van der Waals surface area contributed by atoms with Gasteiger partial charge in [0.05, 0.1) is 29.8 Å². The van der Waals surface area contributed by atoms with Crippen LogP contribution in [0.1, 0.15) is 11.1 Å². The summed E-state index contributed by atoms with van der Waals surface area (Å²) in [5, 5.41) is 3.62. The van der Waals surface area contributed by atoms with Gasteiger partial charge in [-0.05, 0) is 41.6 Å². The summed E-state index contributed by atoms with van der Waals surface area (Å²) in [4.78, 5) is 16.8. The summed E-state index contributed by atoms with van der Waals surface area (Å²) in [7, 11) is 0. The average Bonchev–Trinajstić information content (AvgIpc) is 3.20. The van der Waals surface area contributed by atoms with E-state index in [1.165, 1.54) is 23.0 Å². The standard InChI is InChI=1S/C23H17F2N3O/c24-19-10-16(14-5-6-21-15(9-14)7-8-26-21)11-20(25)18(19)12-28-13-27-22-4-2-1-3-17(22)23(28)29/h1-11,13,15,21,26H,12H2. The van der Waals surface area contributed by atoms with Crippen LogP contribution in [0.4, 0.5) is 8.78 Å². The van der Waals surface area contributed by atoms with Gasteiger partial charge in [0.1, 0.15) is 11.6 Å². The van der Waals surface area contributed by atoms with E-state index in [4.69, 9.17) is 0 Å². The Bertz CT molecular complexity index is 1250. The number of hydrogen-bond acceptors (Lipinski definition) is 3. The molecule has 0 saturated heterocycles. The molecule has 2 atom stereocenters. The van der Waals surface area contributed by atoms with Crippen LogP contribution >= 0.6 is 0 Å². The van der Waals surface area contributed by atoms with Gasteiger partial charge in [-0.3, -0.25) is 9.36 Å². The molecular weight excluding hydrogens is 372 g/mol. The van der Waals surface area contributed by atoms with Crippen LogP contribution in [0.3, 0.4) is 0 Å². The van der Waals surface area contributed by atoms with Crippen molar-refractivity contribution in [3.63, 3.8) is 0 Å². The molecule has 144 valence electrons. The molecule has 1 aromatic heterocycles. The third kappa shape index (κ3) is 3.06. The molecule has 1 N–H and O–H groups in total. The number of benzene rings is 2. The molecule has 5 rings (SSSR count). The quantitative estimate of drug-likeness (QED) is 0.742. The molecule has 0 bridgehead atoms. The molecule has 2 aromatic carbocycles. The van der Waals surface area contributed by atoms with Gasteiger partial charge in [0.15, 0.2) is 0 Å². The largest absolute Gasteiger partial charge is 0.384 e. The first-order valence-corrected chi connectivity index (χ1v) is 9.35. The van der Waals surface area contributed by atoms with Gasteiger partial charge in [-0.25, -0.2) is 13.8 Å². The first kappa shape index (κ1) is 17.6. The second kappa shape index (κ2) is 6.81. The average molecular weight is 389 g/mol. The fourth-order valence-corrected chi connectivity index (χ4v) is 3.82. The molecule has 3 aromatic rings. The number of halogens is 2. The van der Waals surface area contributed by atoms with Gasteiger partial charge in [-0.1, -0.05) is 36.4 Å². The van der Waals surface area contributed by atoms with Crippen molar-refractivity contribution in [2.24, 2.45) is 5.92 Å². The maximum atomic E-state index is 14.8. The number of nitrogens with zero attached hydrogens (tertiary/aromatic N) is 2. The zero-order chi connectivity index (χ0) is 20.0. The van der Waals surface area contributed by atoms with Crippen LogP contribution < -0.4 is 10.9 Å². The summed E-state index contributed by atoms with van der Waals surface area (Å²) < 4.78 is 30.8. The monoisotopic (exact) mass is 389 g/mol. The lowest BCUT2D eigenvalue weighted by atomic mass is 9.90. The molecule has 0 fully saturated rings. The van der Waals surface area contributed by atoms with Crippen molar-refractivity contribution < 1.29 is 8.78 Å². The van der Waals surface area contributed by atoms with E-state index in [1.807, 2.05) is 30.5 Å². The van der Waals surface area contributed by atoms with Crippen LogP contribution in [0, 0.1) is 17.6 Å². The number of rotatable bonds is 3. The van der Waals surface area contributed by atoms with Gasteiger partial charge in [-0.2, -0.15) is 0 Å². The Labute approximate surface area is 165 Å². The highest BCUT2D eigenvalue weighted by molar-refractivity contribution is 5.77. The molecule has 2 aliphatic rings. The van der Waals surface area contributed by atoms with E-state index in [0.29, 0.717) is 16.5 Å². The Hall–Kier alpha value is -3.54. The number of fused-ring (bicyclic) bond motifs is 2. The Kier molecular flexibility index (Phi) is 4.12. The predicted molar refractivity (Wildman–Crippen MR) is 108 cm³/mol. The normalized spacial score (nSPS) is 19.9. The molecule has 0 radical (unpaired) electrons. The summed E-state index contributed by atoms with van der Waals surface area (Å²) in [6.07, 6.45) is 11.1. The van der Waals surface area contributed by atoms with Crippen molar-refractivity contribution in [1.29, 1.82) is 0 Å². The number of allylic oxidation sites excluding steroid dienone is 2. The Balaban J connectivity index is 1.50. The van der Waals surface area contributed by atoms with E-state index in [0.717, 1.165) is 5.57 Å². The van der Waals surface area contributed by atoms with Gasteiger partial charge in [0.2, 0.25) is 0 Å². The van der Waals surface area contributed by atoms with Gasteiger partial charge >= 0.3 is 0 Å². The lowest BCUT2D eigenvalue weighted by Gasteiger charge is -2.19. The molecular formula is C23H17F2N3O. The van der Waals surface area contributed by atoms with E-state index in [9.17, 15) is 13.6 Å². The lowest BCUT2D eigenvalue weighted by molar-refractivity contribution is 0.540. The van der Waals surface area contributed by atoms with Crippen LogP contribution in [0.25, 0.3) is 16.5 Å². The zero-order valence-electron chi connectivity index (χ0n) is 15.3. The number of aromatic nitrogens is 2. The fraction of sp³-hybridized carbons (Fsp3) is 0.130. The summed E-state index contributed by atoms with van der Waals surface area (Å²) in [6.45, 7) is -0.221. The lowest BCUT2D eigenvalue weighted by Crippen LogP contribution is -2.24. The first-order chi connectivity index (χ1) is 14.1. The maximum absolute atomic E-state index is 14.8. The van der Waals surface area contributed by atoms with Crippen molar-refractivity contribution in [3.8, 4) is 0 Å². The van der Waals surface area contributed by atoms with Gasteiger partial charge < -0.3 is 5.32 Å². The Morgan fingerprint density at radius 1 is 1.10 bits per heavy atom. The number of hydrogen-bond donors (Lipinski definition) is 1. The van der Waals surface area contributed by atoms with Gasteiger partial charge in [0.25, 0.3) is 5.56 Å². The van der Waals surface area contributed by atoms with Gasteiger partial charge in [-0.15, -0.1) is 0 Å². The summed E-state index contributed by atoms with van der Waals surface area (Å²) >= 11 is 0. The second-order valence-corrected chi connectivity index (χ2v) is 7.22. The topological polar surface area (TPSA) is 46.9 Å². The molecule has 4 nitrogen and oxygen atoms in total. The predicted octanol–water partition coefficient (Wildman–Crippen LogP) is 3.78. The van der Waals surface area contributed by atoms with E-state index < -0.39 is 11.6 Å². The van der Waals surface area contributed by atoms with Crippen LogP contribution in [0.2, 0.25) is 0 Å². The Morgan fingerprint density at radius 3 is 2.72 bits per heavy atom. The highest BCUT2D eigenvalue weighted by atomic mass is 19.1. The maximum Gasteiger partial charge on any atom is 0.261 e. The van der Waals surface area contributed by atoms with Crippen molar-refractivity contribution in [2.75, 3.05) is 0 Å². The third-order valence-corrected chi connectivity index (χ3v) is 5.41. The smallest absolute Gasteiger partial charge is 0.261 e. The number of nitrogens with one attached hydrogen (secondary N) is 1. The highest BCUT2D eigenvalue weighted by Crippen LogP contribution is 2.30. The van der Waals surface area contributed by atoms with E-state index in [-0.39, 0.29) is 29.6 Å². The Morgan fingerprint density at radius 2 is 1.90 bits per heavy atom. The molecule has 0 saturated carbocycles. The minimum absolute atomic E-state index is 0.159. The summed E-state index contributed by atoms with van der Waals surface area (Å²) in [6, 6.07) is 9.73. The van der Waals surface area contributed by atoms with E-state index in [2.05, 4.69) is 10.3 Å². The third-order valence-electron chi connectivity index (χ3n) is 5.41. The van der Waals surface area contributed by atoms with Crippen LogP contribution in [0.15, 0.2) is 78.0 Å². The molecule has 1 aliphatic heterocycles. The van der Waals surface area contributed by atoms with Crippen LogP contribution in [-0.4, -0.2) is 15.6 Å². The summed E-state index contributed by atoms with van der Waals surface area (Å²) in [5.41, 5.74) is 1.31. The molecule has 6 heteroatoms. The van der Waals surface area contributed by atoms with E-state index in [1.54, 1.807) is 24.3 Å². The van der Waals surface area contributed by atoms with Gasteiger partial charge in [0, 0.05) is 11.5 Å². The zero-order valence-corrected chi connectivity index (χ0v) is 15.3. The van der Waals surface area contributed by atoms with E-state index >= 15 is 0 Å². The highest BCUT2D eigenvalue weighted by Gasteiger charge is 2.23. The number of para-hydroxylation sites is 1. The SMILES string of the molecule is O=c1c2ccccc2ncn1Cc1c(F)cc(C2=CC3C=CNC3C=C2)cc1F. The molecule has 29 heavy (non-hydrogen) atoms. The fourth-order valence-electron chi connectivity index (χ4n) is 3.82. The van der Waals surface area contributed by atoms with Crippen molar-refractivity contribution in [1.82, 2.24) is 14.9 Å². The molecule has 1 aliphatic carbocycles. The molecule has 0 amide bonds. The van der Waals surface area contributed by atoms with Crippen molar-refractivity contribution in [3.05, 3.63) is 106 Å². The minimum Gasteiger partial charge on any atom is -0.384 e.